The molecule has 3 heterocycles. The molecular formula is C24H22F3N5O5. The summed E-state index contributed by atoms with van der Waals surface area (Å²) in [6, 6.07) is 10.7. The van der Waals surface area contributed by atoms with Gasteiger partial charge in [0.1, 0.15) is 11.9 Å². The van der Waals surface area contributed by atoms with Crippen molar-refractivity contribution in [3.63, 3.8) is 0 Å². The summed E-state index contributed by atoms with van der Waals surface area (Å²) in [5.74, 6) is -1.60. The predicted molar refractivity (Wildman–Crippen MR) is 124 cm³/mol. The van der Waals surface area contributed by atoms with E-state index in [1.54, 1.807) is 6.07 Å². The maximum atomic E-state index is 13.6. The number of piperazine rings is 1. The topological polar surface area (TPSA) is 121 Å². The Kier molecular flexibility index (Phi) is 6.36. The molecule has 2 N–H and O–H groups in total. The molecule has 5 rings (SSSR count). The summed E-state index contributed by atoms with van der Waals surface area (Å²) in [4.78, 5) is 34.6. The highest BCUT2D eigenvalue weighted by Gasteiger charge is 2.42. The zero-order valence-corrected chi connectivity index (χ0v) is 19.4. The van der Waals surface area contributed by atoms with Crippen LogP contribution in [-0.4, -0.2) is 64.3 Å². The van der Waals surface area contributed by atoms with Crippen molar-refractivity contribution in [1.29, 1.82) is 0 Å². The Bertz CT molecular complexity index is 1280. The molecule has 2 aliphatic rings. The first-order valence-corrected chi connectivity index (χ1v) is 11.5. The van der Waals surface area contributed by atoms with Gasteiger partial charge in [-0.05, 0) is 23.3 Å². The summed E-state index contributed by atoms with van der Waals surface area (Å²) >= 11 is 0. The Morgan fingerprint density at radius 1 is 1.05 bits per heavy atom. The van der Waals surface area contributed by atoms with Gasteiger partial charge in [-0.1, -0.05) is 24.3 Å². The summed E-state index contributed by atoms with van der Waals surface area (Å²) in [5.41, 5.74) is 0.744. The van der Waals surface area contributed by atoms with Crippen molar-refractivity contribution in [1.82, 2.24) is 14.9 Å². The van der Waals surface area contributed by atoms with Gasteiger partial charge in [-0.3, -0.25) is 4.79 Å². The lowest BCUT2D eigenvalue weighted by Gasteiger charge is -2.33. The third-order valence-electron chi connectivity index (χ3n) is 6.24. The molecule has 1 aliphatic heterocycles. The largest absolute Gasteiger partial charge is 0.465 e. The minimum atomic E-state index is -4.93. The van der Waals surface area contributed by atoms with Gasteiger partial charge in [0.25, 0.3) is 5.91 Å². The third kappa shape index (κ3) is 5.29. The van der Waals surface area contributed by atoms with Crippen LogP contribution in [0.15, 0.2) is 47.0 Å². The number of amides is 2. The number of halogens is 3. The number of carboxylic acid groups (broad SMARTS) is 1. The average Bonchev–Trinajstić information content (AvgIpc) is 3.49. The van der Waals surface area contributed by atoms with Crippen LogP contribution in [0.3, 0.4) is 0 Å². The highest BCUT2D eigenvalue weighted by Crippen LogP contribution is 2.35. The molecule has 1 saturated heterocycles. The zero-order valence-electron chi connectivity index (χ0n) is 19.4. The van der Waals surface area contributed by atoms with E-state index in [9.17, 15) is 22.8 Å². The number of aromatic nitrogens is 2. The second-order valence-corrected chi connectivity index (χ2v) is 8.69. The third-order valence-corrected chi connectivity index (χ3v) is 6.24. The lowest BCUT2D eigenvalue weighted by atomic mass is 10.1. The van der Waals surface area contributed by atoms with Crippen molar-refractivity contribution in [3.05, 3.63) is 65.2 Å². The molecule has 3 aromatic rings. The molecular weight excluding hydrogens is 495 g/mol. The molecule has 2 amide bonds. The number of carbonyl (C=O) groups is 2. The minimum Gasteiger partial charge on any atom is -0.465 e. The number of oxazole rings is 1. The molecule has 0 saturated carbocycles. The van der Waals surface area contributed by atoms with Crippen LogP contribution in [0.4, 0.5) is 29.5 Å². The SMILES string of the molecule is O=C(Nc1ccc(N2CCN(C(=O)O)CC2)nc1)c1oc(OC2Cc3ccccc3C2)nc1C(F)(F)F. The van der Waals surface area contributed by atoms with Gasteiger partial charge >= 0.3 is 18.3 Å². The molecule has 13 heteroatoms. The van der Waals surface area contributed by atoms with E-state index >= 15 is 0 Å². The van der Waals surface area contributed by atoms with E-state index in [1.807, 2.05) is 29.2 Å². The quantitative estimate of drug-likeness (QED) is 0.526. The Balaban J connectivity index is 1.26. The number of nitrogens with one attached hydrogen (secondary N) is 1. The maximum absolute atomic E-state index is 13.6. The van der Waals surface area contributed by atoms with E-state index in [-0.39, 0.29) is 5.69 Å². The van der Waals surface area contributed by atoms with Crippen LogP contribution in [0.25, 0.3) is 0 Å². The van der Waals surface area contributed by atoms with Crippen molar-refractivity contribution < 1.29 is 37.0 Å². The molecule has 1 aromatic carbocycles. The first kappa shape index (κ1) is 24.4. The molecule has 10 nitrogen and oxygen atoms in total. The van der Waals surface area contributed by atoms with Crippen LogP contribution < -0.4 is 15.0 Å². The van der Waals surface area contributed by atoms with Crippen molar-refractivity contribution in [2.75, 3.05) is 36.4 Å². The van der Waals surface area contributed by atoms with Crippen molar-refractivity contribution in [2.45, 2.75) is 25.1 Å². The van der Waals surface area contributed by atoms with Crippen LogP contribution in [0, 0.1) is 0 Å². The van der Waals surface area contributed by atoms with Crippen LogP contribution in [0.2, 0.25) is 0 Å². The van der Waals surface area contributed by atoms with E-state index in [4.69, 9.17) is 14.3 Å². The van der Waals surface area contributed by atoms with Crippen molar-refractivity contribution >= 4 is 23.5 Å². The molecule has 194 valence electrons. The van der Waals surface area contributed by atoms with Gasteiger partial charge in [0.15, 0.2) is 5.69 Å². The van der Waals surface area contributed by atoms with Crippen molar-refractivity contribution in [3.8, 4) is 6.08 Å². The summed E-state index contributed by atoms with van der Waals surface area (Å²) < 4.78 is 51.5. The zero-order chi connectivity index (χ0) is 26.2. The number of alkyl halides is 3. The van der Waals surface area contributed by atoms with Gasteiger partial charge < -0.3 is 29.4 Å². The number of pyridine rings is 1. The molecule has 0 radical (unpaired) electrons. The predicted octanol–water partition coefficient (Wildman–Crippen LogP) is 3.69. The summed E-state index contributed by atoms with van der Waals surface area (Å²) in [5, 5.41) is 11.4. The molecule has 2 aromatic heterocycles. The fourth-order valence-electron chi connectivity index (χ4n) is 4.40. The number of nitrogens with zero attached hydrogens (tertiary/aromatic N) is 4. The van der Waals surface area contributed by atoms with Gasteiger partial charge in [-0.15, -0.1) is 0 Å². The van der Waals surface area contributed by atoms with Crippen LogP contribution in [-0.2, 0) is 19.0 Å². The number of rotatable bonds is 5. The molecule has 0 atom stereocenters. The van der Waals surface area contributed by atoms with Gasteiger partial charge in [0.05, 0.1) is 11.9 Å². The highest BCUT2D eigenvalue weighted by atomic mass is 19.4. The second kappa shape index (κ2) is 9.64. The van der Waals surface area contributed by atoms with Gasteiger partial charge in [0, 0.05) is 39.0 Å². The number of hydrogen-bond donors (Lipinski definition) is 2. The summed E-state index contributed by atoms with van der Waals surface area (Å²) in [6.07, 6.45) is -4.72. The molecule has 1 aliphatic carbocycles. The van der Waals surface area contributed by atoms with Gasteiger partial charge in [-0.2, -0.15) is 18.2 Å². The Morgan fingerprint density at radius 3 is 2.30 bits per heavy atom. The molecule has 37 heavy (non-hydrogen) atoms. The number of carbonyl (C=O) groups excluding carboxylic acids is 1. The van der Waals surface area contributed by atoms with E-state index in [2.05, 4.69) is 15.3 Å². The Morgan fingerprint density at radius 2 is 1.73 bits per heavy atom. The maximum Gasteiger partial charge on any atom is 0.437 e. The number of benzene rings is 1. The number of anilines is 2. The minimum absolute atomic E-state index is 0.149. The molecule has 0 bridgehead atoms. The molecule has 0 unspecified atom stereocenters. The number of ether oxygens (including phenoxy) is 1. The van der Waals surface area contributed by atoms with E-state index in [0.717, 1.165) is 11.1 Å². The van der Waals surface area contributed by atoms with Crippen LogP contribution in [0.5, 0.6) is 6.08 Å². The van der Waals surface area contributed by atoms with E-state index in [1.165, 1.54) is 17.2 Å². The summed E-state index contributed by atoms with van der Waals surface area (Å²) in [7, 11) is 0. The first-order chi connectivity index (χ1) is 17.7. The Labute approximate surface area is 208 Å². The van der Waals surface area contributed by atoms with E-state index < -0.39 is 41.8 Å². The van der Waals surface area contributed by atoms with Crippen LogP contribution in [0.1, 0.15) is 27.4 Å². The van der Waals surface area contributed by atoms with Gasteiger partial charge in [0.2, 0.25) is 5.76 Å². The smallest absolute Gasteiger partial charge is 0.437 e. The monoisotopic (exact) mass is 517 g/mol. The van der Waals surface area contributed by atoms with E-state index in [0.29, 0.717) is 44.8 Å². The Hall–Kier alpha value is -4.29. The fraction of sp³-hybridized carbons (Fsp3) is 0.333. The standard InChI is InChI=1S/C24H22F3N5O5/c25-24(26,27)20-19(37-22(30-20)36-17-11-14-3-1-2-4-15(14)12-17)21(33)29-16-5-6-18(28-13-16)31-7-9-32(10-8-31)23(34)35/h1-6,13,17H,7-12H2,(H,29,33)(H,34,35). The summed E-state index contributed by atoms with van der Waals surface area (Å²) in [6.45, 7) is 1.51. The second-order valence-electron chi connectivity index (χ2n) is 8.69. The molecule has 0 spiro atoms. The lowest BCUT2D eigenvalue weighted by molar-refractivity contribution is -0.141. The number of fused-ring (bicyclic) bond motifs is 1. The fourth-order valence-corrected chi connectivity index (χ4v) is 4.40. The lowest BCUT2D eigenvalue weighted by Crippen LogP contribution is -2.48. The van der Waals surface area contributed by atoms with Crippen LogP contribution >= 0.6 is 0 Å². The first-order valence-electron chi connectivity index (χ1n) is 11.5. The van der Waals surface area contributed by atoms with Gasteiger partial charge in [-0.25, -0.2) is 9.78 Å². The highest BCUT2D eigenvalue weighted by molar-refractivity contribution is 6.03. The molecule has 1 fully saturated rings. The number of hydrogen-bond acceptors (Lipinski definition) is 7. The normalized spacial score (nSPS) is 16.0. The average molecular weight is 517 g/mol. The van der Waals surface area contributed by atoms with Crippen molar-refractivity contribution in [2.24, 2.45) is 0 Å².